The minimum atomic E-state index is -1.72. The van der Waals surface area contributed by atoms with Crippen molar-refractivity contribution in [2.45, 2.75) is 192 Å². The standard InChI is InChI=1S/C69H106N18O15S/c1-9-39(8)57-67(101)81-48(30-41-31-75-44-17-11-10-16-43(41)44)62(96)83-51(58(71)92)34-103-35-54(91)78-49(29-40-21-23-42(89)24-22-40)68(102)87-27-15-20-52(87)64(98)79-45(18-12-13-25-70)61(95)84-56(38(6)7)66(100)85-55(37(4)5)65(99)80-46(19-14-26-74-69(72)73)60(94)82-50(33-88)59(93)76-32-53(90)77-47(28-36(2)3)63(97)86-57/h10-11,16-17,21-24,31,36-39,45-52,55-57,75,88-89H,9,12-15,18-20,25-30,32-35,70H2,1-8H3,(H2,71,92)(H,76,93)(H,77,90)(H,78,91)(H,79,98)(H,80,99)(H,81,101)(H,82,94)(H,83,96)(H,84,95)(H,85,100)(H,86,97)(H4,72,73,74)/t39-,45-,46-,47-,48-,49-,50-,51-,52-,55-,56-,57-/m0/s1. The van der Waals surface area contributed by atoms with E-state index in [-0.39, 0.29) is 88.0 Å². The number of carbonyl (C=O) groups excluding carboxylic acids is 13. The summed E-state index contributed by atoms with van der Waals surface area (Å²) in [6.07, 6.45) is 2.96. The molecule has 0 radical (unpaired) electrons. The predicted molar refractivity (Wildman–Crippen MR) is 386 cm³/mol. The van der Waals surface area contributed by atoms with Crippen LogP contribution in [0.1, 0.15) is 124 Å². The molecule has 3 aromatic rings. The molecule has 33 nitrogen and oxygen atoms in total. The first-order valence-corrected chi connectivity index (χ1v) is 36.2. The Morgan fingerprint density at radius 3 is 1.80 bits per heavy atom. The largest absolute Gasteiger partial charge is 0.508 e. The summed E-state index contributed by atoms with van der Waals surface area (Å²) in [4.78, 5) is 194. The monoisotopic (exact) mass is 1460 g/mol. The Balaban J connectivity index is 1.55. The van der Waals surface area contributed by atoms with E-state index in [1.807, 2.05) is 0 Å². The summed E-state index contributed by atoms with van der Waals surface area (Å²) in [6.45, 7) is 12.0. The number of aromatic nitrogens is 1. The summed E-state index contributed by atoms with van der Waals surface area (Å²) in [5.74, 6) is -14.1. The Morgan fingerprint density at radius 1 is 0.612 bits per heavy atom. The van der Waals surface area contributed by atoms with E-state index in [2.05, 4.69) is 68.5 Å². The number of aromatic hydroxyl groups is 1. The average Bonchev–Trinajstić information content (AvgIpc) is 1.76. The molecule has 1 aromatic heterocycles. The maximum atomic E-state index is 14.9. The highest BCUT2D eigenvalue weighted by Crippen LogP contribution is 2.24. The number of carbonyl (C=O) groups is 13. The molecule has 2 fully saturated rings. The smallest absolute Gasteiger partial charge is 0.246 e. The minimum Gasteiger partial charge on any atom is -0.508 e. The summed E-state index contributed by atoms with van der Waals surface area (Å²) in [5, 5.41) is 50.4. The Kier molecular flexibility index (Phi) is 33.9. The number of hydrogen-bond acceptors (Lipinski definition) is 18. The number of nitrogens with zero attached hydrogens (tertiary/aromatic N) is 2. The van der Waals surface area contributed by atoms with E-state index in [0.717, 1.165) is 11.8 Å². The number of unbranched alkanes of at least 4 members (excludes halogenated alkanes) is 1. The Morgan fingerprint density at radius 2 is 1.17 bits per heavy atom. The van der Waals surface area contributed by atoms with Gasteiger partial charge in [0.05, 0.1) is 18.9 Å². The van der Waals surface area contributed by atoms with Crippen LogP contribution in [-0.2, 0) is 75.2 Å². The number of rotatable bonds is 20. The molecular weight excluding hydrogens is 1350 g/mol. The molecule has 0 aliphatic carbocycles. The first kappa shape index (κ1) is 84.1. The van der Waals surface area contributed by atoms with E-state index >= 15 is 0 Å². The molecule has 2 aliphatic heterocycles. The highest BCUT2D eigenvalue weighted by atomic mass is 32.2. The molecule has 0 unspecified atom stereocenters. The number of aliphatic imine (C=N–C) groups is 1. The number of nitrogens with two attached hydrogens (primary N) is 4. The van der Waals surface area contributed by atoms with Gasteiger partial charge in [-0.25, -0.2) is 0 Å². The number of hydrogen-bond donors (Lipinski definition) is 18. The fraction of sp³-hybridized carbons (Fsp3) is 0.594. The van der Waals surface area contributed by atoms with E-state index in [1.165, 1.54) is 17.0 Å². The Hall–Kier alpha value is -9.57. The number of para-hydroxylation sites is 1. The first-order chi connectivity index (χ1) is 48.8. The Bertz CT molecular complexity index is 3460. The summed E-state index contributed by atoms with van der Waals surface area (Å²) in [7, 11) is 0. The van der Waals surface area contributed by atoms with E-state index < -0.39 is 180 Å². The van der Waals surface area contributed by atoms with Gasteiger partial charge < -0.3 is 102 Å². The topological polar surface area (TPSA) is 530 Å². The number of phenolic OH excluding ortho intramolecular Hbond substituents is 1. The molecular formula is C69H106N18O15S. The molecule has 13 amide bonds. The number of aliphatic hydroxyl groups is 1. The summed E-state index contributed by atoms with van der Waals surface area (Å²) < 4.78 is 0. The molecule has 568 valence electrons. The number of amides is 13. The van der Waals surface area contributed by atoms with E-state index in [1.54, 1.807) is 98.0 Å². The van der Waals surface area contributed by atoms with Gasteiger partial charge in [0.15, 0.2) is 5.96 Å². The second kappa shape index (κ2) is 41.5. The predicted octanol–water partition coefficient (Wildman–Crippen LogP) is -2.57. The van der Waals surface area contributed by atoms with Crippen molar-refractivity contribution >= 4 is 105 Å². The number of H-pyrrole nitrogens is 1. The second-order valence-electron chi connectivity index (χ2n) is 27.2. The number of nitrogens with one attached hydrogen (secondary N) is 12. The summed E-state index contributed by atoms with van der Waals surface area (Å²) in [6, 6.07) is -2.15. The van der Waals surface area contributed by atoms with Crippen molar-refractivity contribution < 1.29 is 72.5 Å². The molecule has 5 rings (SSSR count). The first-order valence-electron chi connectivity index (χ1n) is 35.0. The molecule has 0 bridgehead atoms. The van der Waals surface area contributed by atoms with Gasteiger partial charge in [-0.2, -0.15) is 0 Å². The van der Waals surface area contributed by atoms with Crippen LogP contribution in [0, 0.1) is 23.7 Å². The van der Waals surface area contributed by atoms with Crippen molar-refractivity contribution in [3.05, 3.63) is 65.9 Å². The molecule has 2 aliphatic rings. The van der Waals surface area contributed by atoms with Gasteiger partial charge in [-0.15, -0.1) is 11.8 Å². The molecule has 0 spiro atoms. The second-order valence-corrected chi connectivity index (χ2v) is 28.2. The lowest BCUT2D eigenvalue weighted by molar-refractivity contribution is -0.142. The van der Waals surface area contributed by atoms with Crippen molar-refractivity contribution in [1.82, 2.24) is 68.4 Å². The normalized spacial score (nSPS) is 24.8. The fourth-order valence-electron chi connectivity index (χ4n) is 11.8. The lowest BCUT2D eigenvalue weighted by atomic mass is 9.95. The van der Waals surface area contributed by atoms with Crippen LogP contribution >= 0.6 is 11.8 Å². The van der Waals surface area contributed by atoms with E-state index in [0.29, 0.717) is 47.7 Å². The molecule has 3 heterocycles. The molecule has 2 aromatic carbocycles. The number of thioether (sulfide) groups is 1. The van der Waals surface area contributed by atoms with Crippen LogP contribution in [0.25, 0.3) is 10.9 Å². The number of primary amides is 1. The zero-order chi connectivity index (χ0) is 76.2. The third-order valence-corrected chi connectivity index (χ3v) is 18.8. The van der Waals surface area contributed by atoms with Crippen LogP contribution < -0.4 is 81.4 Å². The van der Waals surface area contributed by atoms with Crippen LogP contribution in [0.2, 0.25) is 0 Å². The van der Waals surface area contributed by atoms with Crippen molar-refractivity contribution in [2.75, 3.05) is 44.3 Å². The van der Waals surface area contributed by atoms with E-state index in [4.69, 9.17) is 22.9 Å². The quantitative estimate of drug-likeness (QED) is 0.0314. The van der Waals surface area contributed by atoms with Crippen LogP contribution in [0.3, 0.4) is 0 Å². The maximum Gasteiger partial charge on any atom is 0.246 e. The Labute approximate surface area is 603 Å². The molecule has 103 heavy (non-hydrogen) atoms. The van der Waals surface area contributed by atoms with Crippen molar-refractivity contribution in [3.63, 3.8) is 0 Å². The van der Waals surface area contributed by atoms with Gasteiger partial charge in [0.1, 0.15) is 72.2 Å². The van der Waals surface area contributed by atoms with Crippen molar-refractivity contribution in [3.8, 4) is 5.75 Å². The van der Waals surface area contributed by atoms with Crippen molar-refractivity contribution in [2.24, 2.45) is 51.6 Å². The van der Waals surface area contributed by atoms with E-state index in [9.17, 15) is 72.5 Å². The number of fused-ring (bicyclic) bond motifs is 2. The van der Waals surface area contributed by atoms with Crippen LogP contribution in [0.4, 0.5) is 0 Å². The third kappa shape index (κ3) is 26.3. The lowest BCUT2D eigenvalue weighted by Gasteiger charge is -2.31. The number of guanidine groups is 1. The zero-order valence-corrected chi connectivity index (χ0v) is 60.7. The number of benzene rings is 2. The number of phenols is 1. The van der Waals surface area contributed by atoms with Gasteiger partial charge >= 0.3 is 0 Å². The van der Waals surface area contributed by atoms with Crippen LogP contribution in [0.5, 0.6) is 5.75 Å². The molecule has 2 saturated heterocycles. The highest BCUT2D eigenvalue weighted by molar-refractivity contribution is 8.00. The fourth-order valence-corrected chi connectivity index (χ4v) is 12.7. The van der Waals surface area contributed by atoms with Crippen LogP contribution in [-0.4, -0.2) is 214 Å². The van der Waals surface area contributed by atoms with Gasteiger partial charge in [0.25, 0.3) is 0 Å². The van der Waals surface area contributed by atoms with Gasteiger partial charge in [-0.3, -0.25) is 67.3 Å². The van der Waals surface area contributed by atoms with Crippen LogP contribution in [0.15, 0.2) is 59.7 Å². The number of aromatic amines is 1. The van der Waals surface area contributed by atoms with Gasteiger partial charge in [0, 0.05) is 48.8 Å². The van der Waals surface area contributed by atoms with Crippen molar-refractivity contribution in [1.29, 1.82) is 0 Å². The molecule has 12 atom stereocenters. The molecule has 0 saturated carbocycles. The maximum absolute atomic E-state index is 14.9. The highest BCUT2D eigenvalue weighted by Gasteiger charge is 2.41. The molecule has 22 N–H and O–H groups in total. The van der Waals surface area contributed by atoms with Gasteiger partial charge in [0.2, 0.25) is 76.8 Å². The molecule has 34 heteroatoms. The third-order valence-electron chi connectivity index (χ3n) is 17.8. The minimum absolute atomic E-state index is 0.0135. The zero-order valence-electron chi connectivity index (χ0n) is 59.9. The summed E-state index contributed by atoms with van der Waals surface area (Å²) >= 11 is 0.883. The summed E-state index contributed by atoms with van der Waals surface area (Å²) in [5.41, 5.74) is 24.7. The SMILES string of the molecule is CC[C@H](C)[C@@H]1NC(=O)[C@H](CC(C)C)NC(=O)CNC(=O)[C@H](CO)NC(=O)[C@H](CCCN=C(N)N)NC(=O)[C@H](C(C)C)NC(=O)[C@H](C(C)C)NC(=O)[C@H](CCCCN)NC(=O)[C@@H]2CCCN2C(=O)[C@H](Cc2ccc(O)cc2)NC(=O)CSC[C@@H](C(N)=O)NC(=O)[C@H](Cc2c[nH]c3ccccc23)NC1=O. The van der Waals surface area contributed by atoms with Gasteiger partial charge in [-0.05, 0) is 111 Å². The number of aliphatic hydroxyl groups excluding tert-OH is 1. The lowest BCUT2D eigenvalue weighted by Crippen LogP contribution is -2.61. The van der Waals surface area contributed by atoms with Gasteiger partial charge in [-0.1, -0.05) is 92.1 Å². The average molecular weight is 1460 g/mol.